The van der Waals surface area contributed by atoms with E-state index in [-0.39, 0.29) is 11.7 Å². The third-order valence-electron chi connectivity index (χ3n) is 8.48. The molecule has 0 atom stereocenters. The van der Waals surface area contributed by atoms with E-state index in [1.807, 2.05) is 66.4 Å². The largest absolute Gasteiger partial charge is 0.493 e. The number of pyridine rings is 1. The first kappa shape index (κ1) is 34.7. The van der Waals surface area contributed by atoms with Crippen LogP contribution in [0, 0.1) is 12.7 Å². The fourth-order valence-corrected chi connectivity index (χ4v) is 5.77. The molecule has 1 amide bonds. The fourth-order valence-electron chi connectivity index (χ4n) is 5.58. The zero-order valence-electron chi connectivity index (χ0n) is 27.9. The Hall–Kier alpha value is -5.18. The fraction of sp³-hybridized carbons (Fsp3) is 0.220. The molecule has 0 spiro atoms. The third-order valence-corrected chi connectivity index (χ3v) is 8.85. The zero-order valence-corrected chi connectivity index (χ0v) is 28.7. The highest BCUT2D eigenvalue weighted by Crippen LogP contribution is 2.27. The second kappa shape index (κ2) is 17.0. The number of halogens is 2. The summed E-state index contributed by atoms with van der Waals surface area (Å²) in [5.74, 6) is 2.17. The number of carbonyl (C=O) groups is 1. The molecule has 0 bridgehead atoms. The summed E-state index contributed by atoms with van der Waals surface area (Å²) in [6, 6.07) is 31.6. The lowest BCUT2D eigenvalue weighted by Crippen LogP contribution is -2.47. The Labute approximate surface area is 297 Å². The first-order valence-corrected chi connectivity index (χ1v) is 17.0. The summed E-state index contributed by atoms with van der Waals surface area (Å²) < 4.78 is 30.6. The van der Waals surface area contributed by atoms with Crippen LogP contribution in [-0.4, -0.2) is 53.5 Å². The van der Waals surface area contributed by atoms with Gasteiger partial charge >= 0.3 is 0 Å². The predicted octanol–water partition coefficient (Wildman–Crippen LogP) is 8.53. The average molecular weight is 692 g/mol. The summed E-state index contributed by atoms with van der Waals surface area (Å²) >= 11 is 6.21. The number of aromatic nitrogens is 1. The molecule has 1 aromatic heterocycles. The molecule has 2 heterocycles. The van der Waals surface area contributed by atoms with Crippen LogP contribution in [0.3, 0.4) is 0 Å². The predicted molar refractivity (Wildman–Crippen MR) is 194 cm³/mol. The van der Waals surface area contributed by atoms with Gasteiger partial charge in [-0.3, -0.25) is 9.69 Å². The molecule has 1 aliphatic rings. The van der Waals surface area contributed by atoms with Crippen molar-refractivity contribution in [1.29, 1.82) is 0 Å². The van der Waals surface area contributed by atoms with Crippen molar-refractivity contribution < 1.29 is 23.4 Å². The Balaban J connectivity index is 0.914. The number of amides is 1. The number of rotatable bonds is 13. The zero-order chi connectivity index (χ0) is 34.7. The number of carbonyl (C=O) groups excluding carboxylic acids is 1. The second-order valence-electron chi connectivity index (χ2n) is 12.1. The summed E-state index contributed by atoms with van der Waals surface area (Å²) in [5.41, 5.74) is 5.18. The van der Waals surface area contributed by atoms with E-state index in [4.69, 9.17) is 25.8 Å². The maximum absolute atomic E-state index is 13.1. The second-order valence-corrected chi connectivity index (χ2v) is 12.6. The van der Waals surface area contributed by atoms with Crippen molar-refractivity contribution in [3.8, 4) is 23.1 Å². The molecule has 1 aliphatic heterocycles. The van der Waals surface area contributed by atoms with E-state index >= 15 is 0 Å². The first-order valence-electron chi connectivity index (χ1n) is 16.6. The normalized spacial score (nSPS) is 13.4. The third kappa shape index (κ3) is 9.94. The van der Waals surface area contributed by atoms with Crippen LogP contribution in [0.5, 0.6) is 23.1 Å². The van der Waals surface area contributed by atoms with Gasteiger partial charge in [0.25, 0.3) is 0 Å². The number of piperazine rings is 1. The smallest absolute Gasteiger partial charge is 0.246 e. The molecule has 6 rings (SSSR count). The van der Waals surface area contributed by atoms with Crippen LogP contribution in [0.4, 0.5) is 4.39 Å². The lowest BCUT2D eigenvalue weighted by atomic mass is 10.1. The van der Waals surface area contributed by atoms with Crippen LogP contribution >= 0.6 is 11.6 Å². The first-order chi connectivity index (χ1) is 24.4. The van der Waals surface area contributed by atoms with Gasteiger partial charge in [0, 0.05) is 61.9 Å². The van der Waals surface area contributed by atoms with E-state index in [1.165, 1.54) is 23.3 Å². The Morgan fingerprint density at radius 1 is 0.860 bits per heavy atom. The van der Waals surface area contributed by atoms with Crippen molar-refractivity contribution in [3.05, 3.63) is 154 Å². The topological polar surface area (TPSA) is 64.1 Å². The quantitative estimate of drug-likeness (QED) is 0.115. The van der Waals surface area contributed by atoms with Crippen LogP contribution in [0.15, 0.2) is 115 Å². The van der Waals surface area contributed by atoms with Gasteiger partial charge in [0.05, 0.1) is 12.8 Å². The molecule has 7 nitrogen and oxygen atoms in total. The summed E-state index contributed by atoms with van der Waals surface area (Å²) in [5, 5.41) is 0.664. The van der Waals surface area contributed by atoms with Crippen LogP contribution < -0.4 is 14.2 Å². The molecular weight excluding hydrogens is 653 g/mol. The Morgan fingerprint density at radius 3 is 2.32 bits per heavy atom. The minimum atomic E-state index is -0.270. The van der Waals surface area contributed by atoms with Gasteiger partial charge in [0.1, 0.15) is 29.7 Å². The molecule has 0 aliphatic carbocycles. The number of hydrogen-bond donors (Lipinski definition) is 0. The van der Waals surface area contributed by atoms with E-state index in [0.29, 0.717) is 54.5 Å². The van der Waals surface area contributed by atoms with E-state index < -0.39 is 0 Å². The number of nitrogens with zero attached hydrogens (tertiary/aromatic N) is 3. The van der Waals surface area contributed by atoms with Gasteiger partial charge in [-0.1, -0.05) is 60.1 Å². The van der Waals surface area contributed by atoms with Crippen LogP contribution in [0.1, 0.15) is 27.8 Å². The Kier molecular flexibility index (Phi) is 11.8. The van der Waals surface area contributed by atoms with Gasteiger partial charge in [-0.25, -0.2) is 9.37 Å². The molecule has 0 unspecified atom stereocenters. The van der Waals surface area contributed by atoms with Crippen molar-refractivity contribution >= 4 is 23.6 Å². The lowest BCUT2D eigenvalue weighted by molar-refractivity contribution is -0.127. The van der Waals surface area contributed by atoms with Crippen LogP contribution in [0.25, 0.3) is 6.08 Å². The molecule has 0 N–H and O–H groups in total. The molecule has 9 heteroatoms. The van der Waals surface area contributed by atoms with E-state index in [2.05, 4.69) is 34.1 Å². The molecule has 0 saturated carbocycles. The van der Waals surface area contributed by atoms with Gasteiger partial charge in [-0.05, 0) is 83.8 Å². The highest BCUT2D eigenvalue weighted by atomic mass is 35.5. The van der Waals surface area contributed by atoms with Crippen molar-refractivity contribution in [2.24, 2.45) is 0 Å². The highest BCUT2D eigenvalue weighted by Gasteiger charge is 2.19. The standard InChI is InChI=1S/C41H39ClFN3O4/c1-30-26-32(10-17-39(30)50-40-18-16-37(27-44-40)49-29-34-4-2-3-5-38(34)42)11-19-41(47)46-23-21-45(22-24-46)28-33-8-6-31(7-9-33)20-25-48-36-14-12-35(43)13-15-36/h2-19,26-27H,20-25,28-29H2,1H3. The van der Waals surface area contributed by atoms with E-state index in [9.17, 15) is 9.18 Å². The Morgan fingerprint density at radius 2 is 1.60 bits per heavy atom. The molecule has 4 aromatic carbocycles. The SMILES string of the molecule is Cc1cc(C=CC(=O)N2CCN(Cc3ccc(CCOc4ccc(F)cc4)cc3)CC2)ccc1Oc1ccc(OCc2ccccc2Cl)cn1. The minimum Gasteiger partial charge on any atom is -0.493 e. The van der Waals surface area contributed by atoms with Gasteiger partial charge in [-0.2, -0.15) is 0 Å². The number of ether oxygens (including phenoxy) is 3. The van der Waals surface area contributed by atoms with Crippen molar-refractivity contribution in [1.82, 2.24) is 14.8 Å². The van der Waals surface area contributed by atoms with Crippen LogP contribution in [-0.2, 0) is 24.4 Å². The minimum absolute atomic E-state index is 0.0101. The summed E-state index contributed by atoms with van der Waals surface area (Å²) in [6.45, 7) is 6.70. The van der Waals surface area contributed by atoms with Gasteiger partial charge in [0.15, 0.2) is 0 Å². The maximum atomic E-state index is 13.1. The Bertz CT molecular complexity index is 1890. The maximum Gasteiger partial charge on any atom is 0.246 e. The van der Waals surface area contributed by atoms with E-state index in [0.717, 1.165) is 42.7 Å². The molecule has 1 fully saturated rings. The van der Waals surface area contributed by atoms with Crippen molar-refractivity contribution in [3.63, 3.8) is 0 Å². The average Bonchev–Trinajstić information content (AvgIpc) is 3.14. The van der Waals surface area contributed by atoms with Gasteiger partial charge < -0.3 is 19.1 Å². The summed E-state index contributed by atoms with van der Waals surface area (Å²) in [7, 11) is 0. The molecule has 256 valence electrons. The molecule has 1 saturated heterocycles. The summed E-state index contributed by atoms with van der Waals surface area (Å²) in [4.78, 5) is 21.6. The summed E-state index contributed by atoms with van der Waals surface area (Å²) in [6.07, 6.45) is 5.89. The highest BCUT2D eigenvalue weighted by molar-refractivity contribution is 6.31. The van der Waals surface area contributed by atoms with Gasteiger partial charge in [0.2, 0.25) is 11.8 Å². The molecular formula is C41H39ClFN3O4. The van der Waals surface area contributed by atoms with Crippen LogP contribution in [0.2, 0.25) is 5.02 Å². The molecule has 0 radical (unpaired) electrons. The number of aryl methyl sites for hydroxylation is 1. The molecule has 50 heavy (non-hydrogen) atoms. The van der Waals surface area contributed by atoms with Crippen molar-refractivity contribution in [2.45, 2.75) is 26.5 Å². The van der Waals surface area contributed by atoms with E-state index in [1.54, 1.807) is 30.5 Å². The van der Waals surface area contributed by atoms with Gasteiger partial charge in [-0.15, -0.1) is 0 Å². The number of benzene rings is 4. The monoisotopic (exact) mass is 691 g/mol. The van der Waals surface area contributed by atoms with Crippen molar-refractivity contribution in [2.75, 3.05) is 32.8 Å². The molecule has 5 aromatic rings. The number of hydrogen-bond acceptors (Lipinski definition) is 6. The lowest BCUT2D eigenvalue weighted by Gasteiger charge is -2.34.